The summed E-state index contributed by atoms with van der Waals surface area (Å²) in [7, 11) is 0. The molecule has 0 bridgehead atoms. The van der Waals surface area contributed by atoms with Gasteiger partial charge >= 0.3 is 0 Å². The summed E-state index contributed by atoms with van der Waals surface area (Å²) in [5, 5.41) is 0. The number of amides is 2. The summed E-state index contributed by atoms with van der Waals surface area (Å²) >= 11 is 0. The Morgan fingerprint density at radius 2 is 1.88 bits per heavy atom. The third kappa shape index (κ3) is 3.34. The Hall–Kier alpha value is -2.69. The zero-order valence-electron chi connectivity index (χ0n) is 15.3. The van der Waals surface area contributed by atoms with Crippen LogP contribution in [0.5, 0.6) is 0 Å². The molecular weight excluding hydrogens is 331 g/mol. The zero-order valence-corrected chi connectivity index (χ0v) is 15.3. The molecule has 136 valence electrons. The average Bonchev–Trinajstić information content (AvgIpc) is 3.01. The fourth-order valence-electron chi connectivity index (χ4n) is 3.44. The van der Waals surface area contributed by atoms with Crippen molar-refractivity contribution in [1.82, 2.24) is 0 Å². The summed E-state index contributed by atoms with van der Waals surface area (Å²) in [6.07, 6.45) is 0.198. The molecule has 1 unspecified atom stereocenters. The van der Waals surface area contributed by atoms with E-state index in [1.807, 2.05) is 39.0 Å². The molecule has 1 aliphatic rings. The zero-order chi connectivity index (χ0) is 18.8. The van der Waals surface area contributed by atoms with Crippen molar-refractivity contribution in [2.45, 2.75) is 27.2 Å². The summed E-state index contributed by atoms with van der Waals surface area (Å²) in [5.41, 5.74) is 3.69. The Labute approximate surface area is 153 Å². The van der Waals surface area contributed by atoms with Crippen LogP contribution < -0.4 is 9.80 Å². The molecule has 0 spiro atoms. The number of carbonyl (C=O) groups excluding carboxylic acids is 2. The second-order valence-electron chi connectivity index (χ2n) is 6.68. The topological polar surface area (TPSA) is 40.6 Å². The van der Waals surface area contributed by atoms with E-state index in [0.717, 1.165) is 16.8 Å². The monoisotopic (exact) mass is 354 g/mol. The molecule has 0 aromatic heterocycles. The maximum atomic E-state index is 13.2. The minimum absolute atomic E-state index is 0.0350. The number of halogens is 1. The van der Waals surface area contributed by atoms with Crippen LogP contribution in [0.15, 0.2) is 42.5 Å². The van der Waals surface area contributed by atoms with Gasteiger partial charge in [0.15, 0.2) is 0 Å². The van der Waals surface area contributed by atoms with Gasteiger partial charge in [0, 0.05) is 30.9 Å². The lowest BCUT2D eigenvalue weighted by atomic mass is 10.1. The first-order valence-electron chi connectivity index (χ1n) is 8.86. The summed E-state index contributed by atoms with van der Waals surface area (Å²) in [6.45, 7) is 6.72. The lowest BCUT2D eigenvalue weighted by Gasteiger charge is -2.25. The molecule has 0 saturated carbocycles. The molecule has 1 fully saturated rings. The second-order valence-corrected chi connectivity index (χ2v) is 6.68. The van der Waals surface area contributed by atoms with E-state index in [1.54, 1.807) is 21.9 Å². The van der Waals surface area contributed by atoms with Crippen molar-refractivity contribution in [3.63, 3.8) is 0 Å². The summed E-state index contributed by atoms with van der Waals surface area (Å²) in [4.78, 5) is 28.9. The van der Waals surface area contributed by atoms with E-state index < -0.39 is 5.92 Å². The Morgan fingerprint density at radius 1 is 1.19 bits per heavy atom. The lowest BCUT2D eigenvalue weighted by Crippen LogP contribution is -2.37. The van der Waals surface area contributed by atoms with Gasteiger partial charge in [0.05, 0.1) is 5.92 Å². The van der Waals surface area contributed by atoms with Gasteiger partial charge in [-0.1, -0.05) is 12.1 Å². The second kappa shape index (κ2) is 7.28. The molecule has 1 saturated heterocycles. The van der Waals surface area contributed by atoms with E-state index in [4.69, 9.17) is 0 Å². The quantitative estimate of drug-likeness (QED) is 0.837. The van der Waals surface area contributed by atoms with Crippen molar-refractivity contribution in [2.24, 2.45) is 5.92 Å². The summed E-state index contributed by atoms with van der Waals surface area (Å²) < 4.78 is 13.2. The first-order chi connectivity index (χ1) is 12.4. The van der Waals surface area contributed by atoms with Crippen molar-refractivity contribution >= 4 is 23.2 Å². The normalized spacial score (nSPS) is 16.8. The number of rotatable bonds is 4. The van der Waals surface area contributed by atoms with Gasteiger partial charge < -0.3 is 9.80 Å². The van der Waals surface area contributed by atoms with Gasteiger partial charge in [-0.15, -0.1) is 0 Å². The average molecular weight is 354 g/mol. The highest BCUT2D eigenvalue weighted by molar-refractivity contribution is 6.04. The number of anilines is 2. The number of aryl methyl sites for hydroxylation is 1. The van der Waals surface area contributed by atoms with Gasteiger partial charge in [0.2, 0.25) is 11.8 Å². The van der Waals surface area contributed by atoms with E-state index >= 15 is 0 Å². The molecule has 2 aromatic rings. The van der Waals surface area contributed by atoms with Crippen molar-refractivity contribution < 1.29 is 14.0 Å². The van der Waals surface area contributed by atoms with Gasteiger partial charge in [-0.25, -0.2) is 4.39 Å². The molecule has 3 rings (SSSR count). The Balaban J connectivity index is 1.82. The molecule has 1 heterocycles. The van der Waals surface area contributed by atoms with Crippen molar-refractivity contribution in [2.75, 3.05) is 22.9 Å². The molecule has 1 aliphatic heterocycles. The Kier molecular flexibility index (Phi) is 5.07. The molecule has 0 N–H and O–H groups in total. The predicted molar refractivity (Wildman–Crippen MR) is 101 cm³/mol. The number of benzene rings is 2. The lowest BCUT2D eigenvalue weighted by molar-refractivity contribution is -0.124. The summed E-state index contributed by atoms with van der Waals surface area (Å²) in [6, 6.07) is 11.7. The fourth-order valence-corrected chi connectivity index (χ4v) is 3.44. The molecular formula is C21H23FN2O2. The summed E-state index contributed by atoms with van der Waals surface area (Å²) in [5.74, 6) is -0.866. The first-order valence-corrected chi connectivity index (χ1v) is 8.86. The van der Waals surface area contributed by atoms with Crippen LogP contribution in [0, 0.1) is 25.6 Å². The number of hydrogen-bond donors (Lipinski definition) is 0. The van der Waals surface area contributed by atoms with E-state index in [1.165, 1.54) is 12.1 Å². The minimum Gasteiger partial charge on any atom is -0.312 e. The Morgan fingerprint density at radius 3 is 2.54 bits per heavy atom. The smallest absolute Gasteiger partial charge is 0.232 e. The number of nitrogens with zero attached hydrogens (tertiary/aromatic N) is 2. The molecule has 26 heavy (non-hydrogen) atoms. The maximum Gasteiger partial charge on any atom is 0.232 e. The van der Waals surface area contributed by atoms with Gasteiger partial charge in [-0.05, 0) is 62.2 Å². The van der Waals surface area contributed by atoms with Gasteiger partial charge in [0.25, 0.3) is 0 Å². The molecule has 0 aliphatic carbocycles. The third-order valence-corrected chi connectivity index (χ3v) is 5.06. The fraction of sp³-hybridized carbons (Fsp3) is 0.333. The van der Waals surface area contributed by atoms with E-state index in [0.29, 0.717) is 18.8 Å². The Bertz CT molecular complexity index is 832. The molecule has 2 amide bonds. The highest BCUT2D eigenvalue weighted by Crippen LogP contribution is 2.31. The maximum absolute atomic E-state index is 13.2. The minimum atomic E-state index is -0.396. The van der Waals surface area contributed by atoms with E-state index in [-0.39, 0.29) is 24.1 Å². The molecule has 0 radical (unpaired) electrons. The standard InChI is InChI=1S/C21H23FN2O2/c1-4-23(18-10-8-17(22)9-11-18)21(26)16-12-20(25)24(13-16)19-7-5-6-14(2)15(19)3/h5-11,16H,4,12-13H2,1-3H3. The van der Waals surface area contributed by atoms with Crippen molar-refractivity contribution in [1.29, 1.82) is 0 Å². The molecule has 5 heteroatoms. The van der Waals surface area contributed by atoms with Crippen LogP contribution in [0.4, 0.5) is 15.8 Å². The van der Waals surface area contributed by atoms with Crippen LogP contribution in [0.1, 0.15) is 24.5 Å². The number of carbonyl (C=O) groups is 2. The van der Waals surface area contributed by atoms with Gasteiger partial charge in [-0.2, -0.15) is 0 Å². The SMILES string of the molecule is CCN(C(=O)C1CC(=O)N(c2cccc(C)c2C)C1)c1ccc(F)cc1. The van der Waals surface area contributed by atoms with Gasteiger partial charge in [-0.3, -0.25) is 9.59 Å². The predicted octanol–water partition coefficient (Wildman–Crippen LogP) is 3.85. The largest absolute Gasteiger partial charge is 0.312 e. The molecule has 4 nitrogen and oxygen atoms in total. The van der Waals surface area contributed by atoms with Crippen LogP contribution in [-0.4, -0.2) is 24.9 Å². The van der Waals surface area contributed by atoms with Crippen LogP contribution in [0.2, 0.25) is 0 Å². The third-order valence-electron chi connectivity index (χ3n) is 5.06. The first kappa shape index (κ1) is 18.1. The van der Waals surface area contributed by atoms with Crippen molar-refractivity contribution in [3.05, 3.63) is 59.4 Å². The van der Waals surface area contributed by atoms with E-state index in [9.17, 15) is 14.0 Å². The highest BCUT2D eigenvalue weighted by Gasteiger charge is 2.37. The van der Waals surface area contributed by atoms with Crippen LogP contribution in [-0.2, 0) is 9.59 Å². The van der Waals surface area contributed by atoms with Gasteiger partial charge in [0.1, 0.15) is 5.82 Å². The van der Waals surface area contributed by atoms with Crippen molar-refractivity contribution in [3.8, 4) is 0 Å². The number of hydrogen-bond acceptors (Lipinski definition) is 2. The van der Waals surface area contributed by atoms with Crippen LogP contribution in [0.3, 0.4) is 0 Å². The van der Waals surface area contributed by atoms with Crippen LogP contribution in [0.25, 0.3) is 0 Å². The molecule has 2 aromatic carbocycles. The van der Waals surface area contributed by atoms with Crippen LogP contribution >= 0.6 is 0 Å². The highest BCUT2D eigenvalue weighted by atomic mass is 19.1. The molecule has 1 atom stereocenters. The van der Waals surface area contributed by atoms with E-state index in [2.05, 4.69) is 0 Å².